The quantitative estimate of drug-likeness (QED) is 0.329. The molecule has 0 aliphatic carbocycles. The number of nitrogens with one attached hydrogen (secondary N) is 2. The summed E-state index contributed by atoms with van der Waals surface area (Å²) in [7, 11) is 1.11. The first-order valence-corrected chi connectivity index (χ1v) is 10.7. The predicted octanol–water partition coefficient (Wildman–Crippen LogP) is 2.56. The molecule has 0 heterocycles. The highest BCUT2D eigenvalue weighted by atomic mass is 127. The Bertz CT molecular complexity index is 690. The van der Waals surface area contributed by atoms with Crippen molar-refractivity contribution >= 4 is 45.5 Å². The van der Waals surface area contributed by atoms with Gasteiger partial charge in [0, 0.05) is 38.6 Å². The van der Waals surface area contributed by atoms with E-state index in [1.807, 2.05) is 27.9 Å². The summed E-state index contributed by atoms with van der Waals surface area (Å²) in [6, 6.07) is 6.38. The van der Waals surface area contributed by atoms with Crippen LogP contribution in [0.3, 0.4) is 0 Å². The summed E-state index contributed by atoms with van der Waals surface area (Å²) < 4.78 is 22.6. The number of nitrogens with zero attached hydrogens (tertiary/aromatic N) is 2. The number of sulfone groups is 1. The van der Waals surface area contributed by atoms with Crippen LogP contribution in [-0.4, -0.2) is 53.1 Å². The summed E-state index contributed by atoms with van der Waals surface area (Å²) in [4.78, 5) is 6.71. The number of aryl methyl sites for hydroxylation is 1. The minimum Gasteiger partial charge on any atom is -0.378 e. The Morgan fingerprint density at radius 3 is 2.46 bits per heavy atom. The van der Waals surface area contributed by atoms with Crippen LogP contribution in [0.2, 0.25) is 0 Å². The number of rotatable bonds is 8. The highest BCUT2D eigenvalue weighted by Gasteiger charge is 2.10. The van der Waals surface area contributed by atoms with Crippen LogP contribution in [0.25, 0.3) is 0 Å². The third kappa shape index (κ3) is 9.61. The fourth-order valence-electron chi connectivity index (χ4n) is 2.32. The van der Waals surface area contributed by atoms with E-state index >= 15 is 0 Å². The third-order valence-electron chi connectivity index (χ3n) is 3.90. The summed E-state index contributed by atoms with van der Waals surface area (Å²) in [5.41, 5.74) is 3.55. The summed E-state index contributed by atoms with van der Waals surface area (Å²) in [5.74, 6) is 0.880. The van der Waals surface area contributed by atoms with Crippen molar-refractivity contribution in [3.63, 3.8) is 0 Å². The van der Waals surface area contributed by atoms with Crippen LogP contribution >= 0.6 is 24.0 Å². The molecule has 0 fully saturated rings. The Kier molecular flexibility index (Phi) is 11.2. The van der Waals surface area contributed by atoms with Crippen molar-refractivity contribution in [2.75, 3.05) is 37.5 Å². The van der Waals surface area contributed by atoms with Crippen LogP contribution in [0.5, 0.6) is 0 Å². The monoisotopic (exact) mass is 496 g/mol. The molecule has 0 aromatic heterocycles. The van der Waals surface area contributed by atoms with Gasteiger partial charge in [-0.25, -0.2) is 13.4 Å². The zero-order valence-corrected chi connectivity index (χ0v) is 19.8. The second kappa shape index (κ2) is 11.6. The minimum atomic E-state index is -2.94. The average Bonchev–Trinajstić information content (AvgIpc) is 2.51. The number of halogens is 1. The molecule has 26 heavy (non-hydrogen) atoms. The highest BCUT2D eigenvalue weighted by molar-refractivity contribution is 14.0. The van der Waals surface area contributed by atoms with E-state index in [4.69, 9.17) is 0 Å². The van der Waals surface area contributed by atoms with Crippen LogP contribution in [-0.2, 0) is 16.4 Å². The second-order valence-electron chi connectivity index (χ2n) is 6.66. The Labute approximate surface area is 175 Å². The summed E-state index contributed by atoms with van der Waals surface area (Å²) >= 11 is 0. The molecule has 2 N–H and O–H groups in total. The Morgan fingerprint density at radius 2 is 1.96 bits per heavy atom. The predicted molar refractivity (Wildman–Crippen MR) is 123 cm³/mol. The molecule has 0 aliphatic rings. The van der Waals surface area contributed by atoms with E-state index in [2.05, 4.69) is 45.6 Å². The lowest BCUT2D eigenvalue weighted by Crippen LogP contribution is -2.42. The van der Waals surface area contributed by atoms with E-state index in [0.717, 1.165) is 6.54 Å². The lowest BCUT2D eigenvalue weighted by atomic mass is 10.1. The molecular formula is C18H33IN4O2S. The zero-order valence-electron chi connectivity index (χ0n) is 16.7. The largest absolute Gasteiger partial charge is 0.378 e. The Morgan fingerprint density at radius 1 is 1.31 bits per heavy atom. The molecule has 1 aromatic carbocycles. The molecule has 1 atom stereocenters. The SMILES string of the molecule is CCNC(=NCc1ccc(N(C)C)cc1C)NC(C)CCS(C)(=O)=O.I. The molecule has 150 valence electrons. The first kappa shape index (κ1) is 25.0. The number of anilines is 1. The number of hydrogen-bond acceptors (Lipinski definition) is 4. The van der Waals surface area contributed by atoms with Gasteiger partial charge in [-0.3, -0.25) is 0 Å². The van der Waals surface area contributed by atoms with Gasteiger partial charge in [-0.1, -0.05) is 6.07 Å². The normalized spacial score (nSPS) is 12.9. The smallest absolute Gasteiger partial charge is 0.191 e. The zero-order chi connectivity index (χ0) is 19.0. The molecule has 0 bridgehead atoms. The van der Waals surface area contributed by atoms with Crippen LogP contribution in [0.15, 0.2) is 23.2 Å². The molecule has 1 aromatic rings. The Balaban J connectivity index is 0.00000625. The van der Waals surface area contributed by atoms with E-state index < -0.39 is 9.84 Å². The Hall–Kier alpha value is -1.03. The van der Waals surface area contributed by atoms with Crippen molar-refractivity contribution in [2.24, 2.45) is 4.99 Å². The maximum Gasteiger partial charge on any atom is 0.191 e. The number of aliphatic imine (C=N–C) groups is 1. The van der Waals surface area contributed by atoms with E-state index in [-0.39, 0.29) is 35.8 Å². The number of benzene rings is 1. The second-order valence-corrected chi connectivity index (χ2v) is 8.92. The molecular weight excluding hydrogens is 463 g/mol. The van der Waals surface area contributed by atoms with E-state index in [1.54, 1.807) is 0 Å². The molecule has 6 nitrogen and oxygen atoms in total. The lowest BCUT2D eigenvalue weighted by molar-refractivity contribution is 0.581. The summed E-state index contributed by atoms with van der Waals surface area (Å²) in [5, 5.41) is 6.49. The van der Waals surface area contributed by atoms with E-state index in [0.29, 0.717) is 18.9 Å². The summed E-state index contributed by atoms with van der Waals surface area (Å²) in [6.45, 7) is 7.40. The molecule has 0 spiro atoms. The van der Waals surface area contributed by atoms with Crippen LogP contribution in [0, 0.1) is 6.92 Å². The summed E-state index contributed by atoms with van der Waals surface area (Å²) in [6.07, 6.45) is 1.82. The first-order valence-electron chi connectivity index (χ1n) is 8.61. The highest BCUT2D eigenvalue weighted by Crippen LogP contribution is 2.17. The van der Waals surface area contributed by atoms with Gasteiger partial charge in [0.05, 0.1) is 12.3 Å². The average molecular weight is 496 g/mol. The van der Waals surface area contributed by atoms with Gasteiger partial charge >= 0.3 is 0 Å². The van der Waals surface area contributed by atoms with Gasteiger partial charge in [-0.2, -0.15) is 0 Å². The van der Waals surface area contributed by atoms with Crippen molar-refractivity contribution in [3.8, 4) is 0 Å². The third-order valence-corrected chi connectivity index (χ3v) is 4.88. The number of hydrogen-bond donors (Lipinski definition) is 2. The maximum atomic E-state index is 11.3. The van der Waals surface area contributed by atoms with Gasteiger partial charge in [0.15, 0.2) is 5.96 Å². The first-order chi connectivity index (χ1) is 11.6. The molecule has 1 unspecified atom stereocenters. The van der Waals surface area contributed by atoms with Crippen LogP contribution in [0.1, 0.15) is 31.4 Å². The van der Waals surface area contributed by atoms with Gasteiger partial charge in [-0.05, 0) is 50.5 Å². The van der Waals surface area contributed by atoms with Crippen LogP contribution in [0.4, 0.5) is 5.69 Å². The van der Waals surface area contributed by atoms with Gasteiger partial charge < -0.3 is 15.5 Å². The van der Waals surface area contributed by atoms with Crippen molar-refractivity contribution in [2.45, 2.75) is 39.8 Å². The van der Waals surface area contributed by atoms with Crippen molar-refractivity contribution in [1.29, 1.82) is 0 Å². The fourth-order valence-corrected chi connectivity index (χ4v) is 3.10. The minimum absolute atomic E-state index is 0. The van der Waals surface area contributed by atoms with Gasteiger partial charge in [0.2, 0.25) is 0 Å². The van der Waals surface area contributed by atoms with Gasteiger partial charge in [-0.15, -0.1) is 24.0 Å². The molecule has 0 aliphatic heterocycles. The van der Waals surface area contributed by atoms with Crippen molar-refractivity contribution in [1.82, 2.24) is 10.6 Å². The molecule has 0 radical (unpaired) electrons. The van der Waals surface area contributed by atoms with Crippen molar-refractivity contribution in [3.05, 3.63) is 29.3 Å². The molecule has 0 saturated heterocycles. The fraction of sp³-hybridized carbons (Fsp3) is 0.611. The standard InChI is InChI=1S/C18H32N4O2S.HI/c1-7-19-18(21-15(3)10-11-25(6,23)24)20-13-16-8-9-17(22(4)5)12-14(16)2;/h8-9,12,15H,7,10-11,13H2,1-6H3,(H2,19,20,21);1H. The lowest BCUT2D eigenvalue weighted by Gasteiger charge is -2.18. The number of guanidine groups is 1. The van der Waals surface area contributed by atoms with Gasteiger partial charge in [0.25, 0.3) is 0 Å². The van der Waals surface area contributed by atoms with E-state index in [1.165, 1.54) is 23.1 Å². The molecule has 1 rings (SSSR count). The van der Waals surface area contributed by atoms with E-state index in [9.17, 15) is 8.42 Å². The molecule has 8 heteroatoms. The van der Waals surface area contributed by atoms with Crippen LogP contribution < -0.4 is 15.5 Å². The molecule has 0 amide bonds. The maximum absolute atomic E-state index is 11.3. The molecule has 0 saturated carbocycles. The topological polar surface area (TPSA) is 73.8 Å². The van der Waals surface area contributed by atoms with Crippen molar-refractivity contribution < 1.29 is 8.42 Å². The van der Waals surface area contributed by atoms with Gasteiger partial charge in [0.1, 0.15) is 9.84 Å².